The van der Waals surface area contributed by atoms with Crippen molar-refractivity contribution in [1.82, 2.24) is 10.3 Å². The first-order valence-corrected chi connectivity index (χ1v) is 5.42. The summed E-state index contributed by atoms with van der Waals surface area (Å²) in [5, 5.41) is 22.9. The number of benzene rings is 1. The highest BCUT2D eigenvalue weighted by atomic mass is 16.4. The molecule has 2 atom stereocenters. The van der Waals surface area contributed by atoms with Gasteiger partial charge in [0.15, 0.2) is 0 Å². The van der Waals surface area contributed by atoms with Gasteiger partial charge in [0.2, 0.25) is 0 Å². The maximum Gasteiger partial charge on any atom is 0.325 e. The summed E-state index contributed by atoms with van der Waals surface area (Å²) in [6, 6.07) is 4.78. The highest BCUT2D eigenvalue weighted by Crippen LogP contribution is 2.33. The number of nitrogens with one attached hydrogen (secondary N) is 2. The fourth-order valence-corrected chi connectivity index (χ4v) is 2.42. The lowest BCUT2D eigenvalue weighted by Crippen LogP contribution is -2.29. The van der Waals surface area contributed by atoms with Crippen LogP contribution in [-0.2, 0) is 4.79 Å². The third kappa shape index (κ3) is 1.44. The number of aromatic nitrogens is 1. The lowest BCUT2D eigenvalue weighted by atomic mass is 10.0. The van der Waals surface area contributed by atoms with Crippen LogP contribution in [0.4, 0.5) is 0 Å². The van der Waals surface area contributed by atoms with E-state index in [0.717, 1.165) is 16.5 Å². The molecule has 0 saturated heterocycles. The molecule has 5 heteroatoms. The molecule has 1 aromatic carbocycles. The van der Waals surface area contributed by atoms with Gasteiger partial charge in [0, 0.05) is 29.2 Å². The number of carboxylic acid groups (broad SMARTS) is 1. The molecule has 0 bridgehead atoms. The van der Waals surface area contributed by atoms with Gasteiger partial charge in [-0.25, -0.2) is 0 Å². The Bertz CT molecular complexity index is 590. The van der Waals surface area contributed by atoms with Crippen LogP contribution in [0.1, 0.15) is 23.3 Å². The van der Waals surface area contributed by atoms with Crippen molar-refractivity contribution in [2.45, 2.75) is 12.1 Å². The smallest absolute Gasteiger partial charge is 0.325 e. The second-order valence-electron chi connectivity index (χ2n) is 4.21. The van der Waals surface area contributed by atoms with Crippen molar-refractivity contribution in [1.29, 1.82) is 0 Å². The molecule has 3 rings (SSSR count). The van der Waals surface area contributed by atoms with Crippen molar-refractivity contribution < 1.29 is 15.0 Å². The number of carboxylic acids is 1. The van der Waals surface area contributed by atoms with Gasteiger partial charge in [0.05, 0.1) is 6.10 Å². The molecule has 1 aliphatic heterocycles. The minimum atomic E-state index is -0.935. The van der Waals surface area contributed by atoms with Crippen molar-refractivity contribution in [2.75, 3.05) is 6.54 Å². The summed E-state index contributed by atoms with van der Waals surface area (Å²) in [6.45, 7) is 0.241. The van der Waals surface area contributed by atoms with Gasteiger partial charge in [-0.15, -0.1) is 0 Å². The molecule has 4 N–H and O–H groups in total. The zero-order valence-corrected chi connectivity index (χ0v) is 8.97. The second-order valence-corrected chi connectivity index (χ2v) is 4.21. The number of aliphatic hydroxyl groups excluding tert-OH is 1. The first kappa shape index (κ1) is 10.3. The molecule has 2 aromatic rings. The summed E-state index contributed by atoms with van der Waals surface area (Å²) >= 11 is 0. The Labute approximate surface area is 97.1 Å². The molecule has 2 unspecified atom stereocenters. The molecule has 0 saturated carbocycles. The first-order valence-electron chi connectivity index (χ1n) is 5.42. The van der Waals surface area contributed by atoms with E-state index in [2.05, 4.69) is 10.3 Å². The first-order chi connectivity index (χ1) is 8.18. The summed E-state index contributed by atoms with van der Waals surface area (Å²) in [6.07, 6.45) is 1.01. The van der Waals surface area contributed by atoms with Crippen LogP contribution in [0.5, 0.6) is 0 Å². The van der Waals surface area contributed by atoms with E-state index in [4.69, 9.17) is 0 Å². The van der Waals surface area contributed by atoms with Crippen LogP contribution in [0.2, 0.25) is 0 Å². The maximum absolute atomic E-state index is 11.2. The number of carbonyl (C=O) groups is 1. The molecule has 0 aliphatic carbocycles. The van der Waals surface area contributed by atoms with Crippen molar-refractivity contribution in [3.63, 3.8) is 0 Å². The molecule has 0 fully saturated rings. The number of hydrogen-bond acceptors (Lipinski definition) is 3. The van der Waals surface area contributed by atoms with Gasteiger partial charge >= 0.3 is 5.97 Å². The Morgan fingerprint density at radius 2 is 2.18 bits per heavy atom. The summed E-state index contributed by atoms with van der Waals surface area (Å²) in [4.78, 5) is 14.2. The Kier molecular flexibility index (Phi) is 2.17. The fraction of sp³-hybridized carbons (Fsp3) is 0.250. The molecular formula is C12H12N2O3. The van der Waals surface area contributed by atoms with Crippen LogP contribution in [0.15, 0.2) is 24.4 Å². The average Bonchev–Trinajstić information content (AvgIpc) is 2.66. The van der Waals surface area contributed by atoms with Crippen LogP contribution in [-0.4, -0.2) is 27.7 Å². The number of rotatable bonds is 1. The highest BCUT2D eigenvalue weighted by Gasteiger charge is 2.29. The molecule has 5 nitrogen and oxygen atoms in total. The second kappa shape index (κ2) is 3.58. The molecule has 2 heterocycles. The van der Waals surface area contributed by atoms with E-state index in [0.29, 0.717) is 5.56 Å². The Balaban J connectivity index is 2.32. The van der Waals surface area contributed by atoms with Crippen LogP contribution >= 0.6 is 0 Å². The lowest BCUT2D eigenvalue weighted by Gasteiger charge is -2.12. The van der Waals surface area contributed by atoms with E-state index >= 15 is 0 Å². The van der Waals surface area contributed by atoms with Gasteiger partial charge in [-0.2, -0.15) is 0 Å². The van der Waals surface area contributed by atoms with E-state index in [1.165, 1.54) is 0 Å². The van der Waals surface area contributed by atoms with E-state index in [1.54, 1.807) is 6.20 Å². The van der Waals surface area contributed by atoms with Crippen LogP contribution in [0, 0.1) is 0 Å². The largest absolute Gasteiger partial charge is 0.480 e. The number of β-amino-alcohol motifs (C(OH)–C–C–N with tert-alkyl or cyclic N) is 1. The van der Waals surface area contributed by atoms with Crippen molar-refractivity contribution in [3.8, 4) is 0 Å². The molecule has 0 amide bonds. The Hall–Kier alpha value is -1.85. The SMILES string of the molecule is O=C(O)C1NCC(O)c2cccc3[nH]cc1c23. The van der Waals surface area contributed by atoms with E-state index < -0.39 is 18.1 Å². The fourth-order valence-electron chi connectivity index (χ4n) is 2.42. The Morgan fingerprint density at radius 3 is 2.94 bits per heavy atom. The molecular weight excluding hydrogens is 220 g/mol. The number of aliphatic carboxylic acids is 1. The molecule has 1 aromatic heterocycles. The van der Waals surface area contributed by atoms with E-state index in [-0.39, 0.29) is 6.54 Å². The summed E-state index contributed by atoms with van der Waals surface area (Å²) in [7, 11) is 0. The van der Waals surface area contributed by atoms with Gasteiger partial charge in [-0.05, 0) is 11.6 Å². The minimum absolute atomic E-state index is 0.241. The van der Waals surface area contributed by atoms with Gasteiger partial charge in [0.25, 0.3) is 0 Å². The van der Waals surface area contributed by atoms with Gasteiger partial charge in [-0.3, -0.25) is 10.1 Å². The van der Waals surface area contributed by atoms with Crippen molar-refractivity contribution in [2.24, 2.45) is 0 Å². The van der Waals surface area contributed by atoms with E-state index in [9.17, 15) is 15.0 Å². The van der Waals surface area contributed by atoms with Crippen LogP contribution < -0.4 is 5.32 Å². The van der Waals surface area contributed by atoms with Crippen molar-refractivity contribution >= 4 is 16.9 Å². The predicted molar refractivity (Wildman–Crippen MR) is 61.6 cm³/mol. The summed E-state index contributed by atoms with van der Waals surface area (Å²) in [5.41, 5.74) is 2.31. The zero-order chi connectivity index (χ0) is 12.0. The monoisotopic (exact) mass is 232 g/mol. The van der Waals surface area contributed by atoms with Crippen LogP contribution in [0.25, 0.3) is 10.9 Å². The maximum atomic E-state index is 11.2. The third-order valence-corrected chi connectivity index (χ3v) is 3.20. The number of H-pyrrole nitrogens is 1. The molecule has 0 radical (unpaired) electrons. The lowest BCUT2D eigenvalue weighted by molar-refractivity contribution is -0.139. The highest BCUT2D eigenvalue weighted by molar-refractivity contribution is 5.92. The standard InChI is InChI=1S/C12H12N2O3/c15-9-5-14-11(12(16)17)7-4-13-8-3-1-2-6(9)10(7)8/h1-4,9,11,13-15H,5H2,(H,16,17). The van der Waals surface area contributed by atoms with Gasteiger partial charge < -0.3 is 15.2 Å². The van der Waals surface area contributed by atoms with Gasteiger partial charge in [-0.1, -0.05) is 12.1 Å². The predicted octanol–water partition coefficient (Wildman–Crippen LogP) is 0.930. The number of aromatic amines is 1. The third-order valence-electron chi connectivity index (χ3n) is 3.20. The topological polar surface area (TPSA) is 85.3 Å². The number of aliphatic hydroxyl groups is 1. The summed E-state index contributed by atoms with van der Waals surface area (Å²) < 4.78 is 0. The Morgan fingerprint density at radius 1 is 1.35 bits per heavy atom. The molecule has 17 heavy (non-hydrogen) atoms. The number of hydrogen-bond donors (Lipinski definition) is 4. The normalized spacial score (nSPS) is 23.6. The van der Waals surface area contributed by atoms with Gasteiger partial charge in [0.1, 0.15) is 6.04 Å². The quantitative estimate of drug-likeness (QED) is 0.589. The molecule has 88 valence electrons. The average molecular weight is 232 g/mol. The minimum Gasteiger partial charge on any atom is -0.480 e. The zero-order valence-electron chi connectivity index (χ0n) is 8.97. The molecule has 0 spiro atoms. The molecule has 1 aliphatic rings. The summed E-state index contributed by atoms with van der Waals surface area (Å²) in [5.74, 6) is -0.935. The van der Waals surface area contributed by atoms with E-state index in [1.807, 2.05) is 18.2 Å². The van der Waals surface area contributed by atoms with Crippen molar-refractivity contribution in [3.05, 3.63) is 35.5 Å². The van der Waals surface area contributed by atoms with Crippen LogP contribution in [0.3, 0.4) is 0 Å².